The average molecular weight is 193 g/mol. The first kappa shape index (κ1) is 11.1. The number of aryl methyl sites for hydroxylation is 2. The maximum absolute atomic E-state index is 9.67. The van der Waals surface area contributed by atoms with Crippen LogP contribution in [-0.4, -0.2) is 5.11 Å². The van der Waals surface area contributed by atoms with Crippen molar-refractivity contribution in [1.82, 2.24) is 0 Å². The van der Waals surface area contributed by atoms with Crippen molar-refractivity contribution >= 4 is 0 Å². The SMILES string of the molecule is CCCCc1cc(C)c(O)c(CN)c1. The zero-order valence-corrected chi connectivity index (χ0v) is 9.01. The van der Waals surface area contributed by atoms with Gasteiger partial charge in [-0.2, -0.15) is 0 Å². The monoisotopic (exact) mass is 193 g/mol. The molecule has 0 aliphatic carbocycles. The summed E-state index contributed by atoms with van der Waals surface area (Å²) < 4.78 is 0. The van der Waals surface area contributed by atoms with E-state index in [1.165, 1.54) is 18.4 Å². The predicted octanol–water partition coefficient (Wildman–Crippen LogP) is 2.50. The molecule has 0 saturated heterocycles. The van der Waals surface area contributed by atoms with E-state index in [0.717, 1.165) is 17.5 Å². The van der Waals surface area contributed by atoms with Crippen molar-refractivity contribution in [2.24, 2.45) is 5.73 Å². The number of nitrogens with two attached hydrogens (primary N) is 1. The summed E-state index contributed by atoms with van der Waals surface area (Å²) in [5.41, 5.74) is 8.62. The number of phenols is 1. The largest absolute Gasteiger partial charge is 0.507 e. The quantitative estimate of drug-likeness (QED) is 0.771. The second-order valence-electron chi connectivity index (χ2n) is 3.73. The number of phenolic OH excluding ortho intramolecular Hbond substituents is 1. The lowest BCUT2D eigenvalue weighted by molar-refractivity contribution is 0.463. The summed E-state index contributed by atoms with van der Waals surface area (Å²) in [7, 11) is 0. The molecule has 0 saturated carbocycles. The molecule has 0 spiro atoms. The Balaban J connectivity index is 2.91. The van der Waals surface area contributed by atoms with Gasteiger partial charge in [-0.25, -0.2) is 0 Å². The molecular weight excluding hydrogens is 174 g/mol. The van der Waals surface area contributed by atoms with Crippen molar-refractivity contribution < 1.29 is 5.11 Å². The van der Waals surface area contributed by atoms with E-state index in [1.54, 1.807) is 0 Å². The number of rotatable bonds is 4. The Morgan fingerprint density at radius 3 is 2.64 bits per heavy atom. The van der Waals surface area contributed by atoms with E-state index in [-0.39, 0.29) is 0 Å². The van der Waals surface area contributed by atoms with Gasteiger partial charge in [-0.15, -0.1) is 0 Å². The van der Waals surface area contributed by atoms with Gasteiger partial charge in [0.1, 0.15) is 5.75 Å². The van der Waals surface area contributed by atoms with Gasteiger partial charge >= 0.3 is 0 Å². The summed E-state index contributed by atoms with van der Waals surface area (Å²) in [6, 6.07) is 4.06. The van der Waals surface area contributed by atoms with Crippen LogP contribution in [0.3, 0.4) is 0 Å². The van der Waals surface area contributed by atoms with Crippen molar-refractivity contribution in [3.8, 4) is 5.75 Å². The number of hydrogen-bond acceptors (Lipinski definition) is 2. The molecule has 2 heteroatoms. The number of unbranched alkanes of at least 4 members (excludes halogenated alkanes) is 1. The first-order valence-electron chi connectivity index (χ1n) is 5.20. The summed E-state index contributed by atoms with van der Waals surface area (Å²) in [4.78, 5) is 0. The number of benzene rings is 1. The Bertz CT molecular complexity index is 307. The molecule has 0 unspecified atom stereocenters. The van der Waals surface area contributed by atoms with Crippen LogP contribution in [0, 0.1) is 6.92 Å². The molecule has 0 radical (unpaired) electrons. The van der Waals surface area contributed by atoms with E-state index in [0.29, 0.717) is 12.3 Å². The first-order valence-corrected chi connectivity index (χ1v) is 5.20. The lowest BCUT2D eigenvalue weighted by Crippen LogP contribution is -1.99. The van der Waals surface area contributed by atoms with Crippen molar-refractivity contribution in [2.45, 2.75) is 39.7 Å². The molecule has 0 aromatic heterocycles. The van der Waals surface area contributed by atoms with Gasteiger partial charge in [-0.3, -0.25) is 0 Å². The standard InChI is InChI=1S/C12H19NO/c1-3-4-5-10-6-9(2)12(14)11(7-10)8-13/h6-7,14H,3-5,8,13H2,1-2H3. The summed E-state index contributed by atoms with van der Waals surface area (Å²) in [5.74, 6) is 0.354. The molecule has 1 aromatic rings. The van der Waals surface area contributed by atoms with Crippen LogP contribution >= 0.6 is 0 Å². The zero-order chi connectivity index (χ0) is 10.6. The molecule has 0 aliphatic rings. The highest BCUT2D eigenvalue weighted by molar-refractivity contribution is 5.42. The highest BCUT2D eigenvalue weighted by Gasteiger charge is 2.05. The van der Waals surface area contributed by atoms with E-state index in [2.05, 4.69) is 6.92 Å². The minimum absolute atomic E-state index is 0.354. The van der Waals surface area contributed by atoms with Crippen LogP contribution in [-0.2, 0) is 13.0 Å². The fourth-order valence-electron chi connectivity index (χ4n) is 1.61. The Morgan fingerprint density at radius 1 is 1.36 bits per heavy atom. The van der Waals surface area contributed by atoms with Gasteiger partial charge in [0, 0.05) is 12.1 Å². The van der Waals surface area contributed by atoms with Gasteiger partial charge < -0.3 is 10.8 Å². The Hall–Kier alpha value is -1.02. The zero-order valence-electron chi connectivity index (χ0n) is 9.01. The van der Waals surface area contributed by atoms with E-state index in [1.807, 2.05) is 19.1 Å². The molecule has 2 nitrogen and oxygen atoms in total. The molecular formula is C12H19NO. The third kappa shape index (κ3) is 2.48. The molecule has 0 bridgehead atoms. The molecule has 14 heavy (non-hydrogen) atoms. The molecule has 3 N–H and O–H groups in total. The maximum atomic E-state index is 9.67. The number of hydrogen-bond donors (Lipinski definition) is 2. The van der Waals surface area contributed by atoms with Crippen molar-refractivity contribution in [1.29, 1.82) is 0 Å². The fourth-order valence-corrected chi connectivity index (χ4v) is 1.61. The molecule has 0 atom stereocenters. The van der Waals surface area contributed by atoms with E-state index < -0.39 is 0 Å². The second-order valence-corrected chi connectivity index (χ2v) is 3.73. The summed E-state index contributed by atoms with van der Waals surface area (Å²) >= 11 is 0. The van der Waals surface area contributed by atoms with Crippen LogP contribution in [0.15, 0.2) is 12.1 Å². The van der Waals surface area contributed by atoms with Crippen LogP contribution in [0.1, 0.15) is 36.5 Å². The van der Waals surface area contributed by atoms with Gasteiger partial charge in [0.05, 0.1) is 0 Å². The molecule has 1 rings (SSSR count). The minimum Gasteiger partial charge on any atom is -0.507 e. The summed E-state index contributed by atoms with van der Waals surface area (Å²) in [6.07, 6.45) is 3.46. The van der Waals surface area contributed by atoms with Crippen molar-refractivity contribution in [2.75, 3.05) is 0 Å². The molecule has 0 aliphatic heterocycles. The van der Waals surface area contributed by atoms with Gasteiger partial charge in [0.2, 0.25) is 0 Å². The molecule has 78 valence electrons. The fraction of sp³-hybridized carbons (Fsp3) is 0.500. The average Bonchev–Trinajstić information content (AvgIpc) is 2.19. The van der Waals surface area contributed by atoms with Crippen molar-refractivity contribution in [3.05, 3.63) is 28.8 Å². The number of aromatic hydroxyl groups is 1. The lowest BCUT2D eigenvalue weighted by Gasteiger charge is -2.08. The lowest BCUT2D eigenvalue weighted by atomic mass is 10.0. The van der Waals surface area contributed by atoms with Gasteiger partial charge in [0.15, 0.2) is 0 Å². The molecule has 1 aromatic carbocycles. The molecule has 0 heterocycles. The van der Waals surface area contributed by atoms with Crippen LogP contribution in [0.4, 0.5) is 0 Å². The normalized spacial score (nSPS) is 10.5. The Labute approximate surface area is 85.8 Å². The van der Waals surface area contributed by atoms with Crippen LogP contribution in [0.25, 0.3) is 0 Å². The van der Waals surface area contributed by atoms with Gasteiger partial charge in [-0.1, -0.05) is 25.5 Å². The third-order valence-electron chi connectivity index (χ3n) is 2.48. The highest BCUT2D eigenvalue weighted by atomic mass is 16.3. The van der Waals surface area contributed by atoms with Gasteiger partial charge in [0.25, 0.3) is 0 Å². The second kappa shape index (κ2) is 5.01. The third-order valence-corrected chi connectivity index (χ3v) is 2.48. The highest BCUT2D eigenvalue weighted by Crippen LogP contribution is 2.24. The Morgan fingerprint density at radius 2 is 2.07 bits per heavy atom. The van der Waals surface area contributed by atoms with Crippen LogP contribution in [0.2, 0.25) is 0 Å². The Kier molecular flexibility index (Phi) is 3.96. The van der Waals surface area contributed by atoms with E-state index in [9.17, 15) is 5.11 Å². The van der Waals surface area contributed by atoms with Crippen LogP contribution < -0.4 is 5.73 Å². The first-order chi connectivity index (χ1) is 6.69. The summed E-state index contributed by atoms with van der Waals surface area (Å²) in [5, 5.41) is 9.67. The van der Waals surface area contributed by atoms with Gasteiger partial charge in [-0.05, 0) is 30.9 Å². The van der Waals surface area contributed by atoms with E-state index >= 15 is 0 Å². The van der Waals surface area contributed by atoms with Crippen LogP contribution in [0.5, 0.6) is 5.75 Å². The predicted molar refractivity (Wildman–Crippen MR) is 59.3 cm³/mol. The smallest absolute Gasteiger partial charge is 0.122 e. The van der Waals surface area contributed by atoms with E-state index in [4.69, 9.17) is 5.73 Å². The minimum atomic E-state index is 0.354. The topological polar surface area (TPSA) is 46.2 Å². The molecule has 0 amide bonds. The van der Waals surface area contributed by atoms with Crippen molar-refractivity contribution in [3.63, 3.8) is 0 Å². The molecule has 0 fully saturated rings. The summed E-state index contributed by atoms with van der Waals surface area (Å²) in [6.45, 7) is 4.51. The maximum Gasteiger partial charge on any atom is 0.122 e.